The van der Waals surface area contributed by atoms with Crippen LogP contribution >= 0.6 is 0 Å². The van der Waals surface area contributed by atoms with Gasteiger partial charge in [-0.25, -0.2) is 4.79 Å². The molecular formula is C12H13N4O3-. The van der Waals surface area contributed by atoms with Crippen molar-refractivity contribution in [1.82, 2.24) is 0 Å². The molecule has 0 aliphatic carbocycles. The second-order valence-electron chi connectivity index (χ2n) is 3.93. The number of rotatable bonds is 2. The highest BCUT2D eigenvalue weighted by molar-refractivity contribution is 6.01. The molecule has 0 bridgehead atoms. The number of carbonyl (C=O) groups excluding carboxylic acids is 1. The molecule has 0 radical (unpaired) electrons. The van der Waals surface area contributed by atoms with E-state index in [2.05, 4.69) is 5.10 Å². The lowest BCUT2D eigenvalue weighted by Crippen LogP contribution is -2.43. The van der Waals surface area contributed by atoms with Gasteiger partial charge in [0.2, 0.25) is 0 Å². The minimum Gasteiger partial charge on any atom is -0.737 e. The number of hydroxylamine groups is 1. The maximum Gasteiger partial charge on any atom is 0.356 e. The van der Waals surface area contributed by atoms with E-state index in [0.717, 1.165) is 10.6 Å². The molecule has 2 N–H and O–H groups in total. The molecule has 1 aromatic carbocycles. The molecular weight excluding hydrogens is 248 g/mol. The van der Waals surface area contributed by atoms with Crippen LogP contribution in [0.25, 0.3) is 0 Å². The van der Waals surface area contributed by atoms with Crippen molar-refractivity contribution < 1.29 is 9.63 Å². The molecule has 0 unspecified atom stereocenters. The molecule has 0 saturated heterocycles. The second kappa shape index (κ2) is 4.99. The molecule has 7 nitrogen and oxygen atoms in total. The molecule has 2 rings (SSSR count). The van der Waals surface area contributed by atoms with E-state index in [1.807, 2.05) is 6.92 Å². The third kappa shape index (κ3) is 2.50. The maximum absolute atomic E-state index is 11.7. The van der Waals surface area contributed by atoms with Crippen molar-refractivity contribution in [2.24, 2.45) is 10.8 Å². The highest BCUT2D eigenvalue weighted by Crippen LogP contribution is 2.33. The second-order valence-corrected chi connectivity index (χ2v) is 3.93. The van der Waals surface area contributed by atoms with E-state index in [4.69, 9.17) is 10.6 Å². The van der Waals surface area contributed by atoms with E-state index in [0.29, 0.717) is 10.9 Å². The van der Waals surface area contributed by atoms with Crippen LogP contribution in [0.4, 0.5) is 11.4 Å². The maximum atomic E-state index is 11.7. The number of guanidine groups is 1. The van der Waals surface area contributed by atoms with E-state index in [1.54, 1.807) is 25.1 Å². The van der Waals surface area contributed by atoms with Crippen molar-refractivity contribution >= 4 is 23.3 Å². The van der Waals surface area contributed by atoms with Gasteiger partial charge in [0.05, 0.1) is 5.69 Å². The number of hydrogen-bond acceptors (Lipinski definition) is 7. The first-order valence-electron chi connectivity index (χ1n) is 5.59. The lowest BCUT2D eigenvalue weighted by Gasteiger charge is -2.35. The molecule has 0 spiro atoms. The first kappa shape index (κ1) is 12.9. The van der Waals surface area contributed by atoms with Gasteiger partial charge >= 0.3 is 5.97 Å². The first-order chi connectivity index (χ1) is 9.02. The lowest BCUT2D eigenvalue weighted by molar-refractivity contribution is -0.137. The predicted molar refractivity (Wildman–Crippen MR) is 72.0 cm³/mol. The molecule has 1 aliphatic rings. The van der Waals surface area contributed by atoms with E-state index >= 15 is 0 Å². The van der Waals surface area contributed by atoms with Crippen LogP contribution < -0.4 is 16.0 Å². The Balaban J connectivity index is 2.39. The fourth-order valence-electron chi connectivity index (χ4n) is 1.62. The molecule has 0 atom stereocenters. The van der Waals surface area contributed by atoms with Gasteiger partial charge in [-0.15, -0.1) is 10.2 Å². The number of aryl methyl sites for hydroxylation is 1. The van der Waals surface area contributed by atoms with Gasteiger partial charge in [0.25, 0.3) is 5.96 Å². The van der Waals surface area contributed by atoms with Gasteiger partial charge < -0.3 is 21.0 Å². The Morgan fingerprint density at radius 1 is 1.47 bits per heavy atom. The van der Waals surface area contributed by atoms with Gasteiger partial charge in [-0.2, -0.15) is 0 Å². The number of nitrogens with zero attached hydrogens (tertiary/aromatic N) is 3. The number of fused-ring (bicyclic) bond motifs is 1. The number of anilines is 2. The molecule has 0 amide bonds. The number of nitrogens with two attached hydrogens (primary N) is 1. The van der Waals surface area contributed by atoms with Gasteiger partial charge in [-0.05, 0) is 31.5 Å². The van der Waals surface area contributed by atoms with Gasteiger partial charge in [0.1, 0.15) is 5.69 Å². The van der Waals surface area contributed by atoms with Crippen LogP contribution in [0.15, 0.2) is 35.5 Å². The molecule has 0 aromatic heterocycles. The largest absolute Gasteiger partial charge is 0.737 e. The fraction of sp³-hybridized carbons (Fsp3) is 0.167. The van der Waals surface area contributed by atoms with Gasteiger partial charge in [-0.3, -0.25) is 0 Å². The van der Waals surface area contributed by atoms with Crippen LogP contribution in [0.2, 0.25) is 0 Å². The minimum absolute atomic E-state index is 0.204. The summed E-state index contributed by atoms with van der Waals surface area (Å²) in [6.45, 7) is 3.53. The van der Waals surface area contributed by atoms with Crippen LogP contribution in [-0.2, 0) is 9.63 Å². The van der Waals surface area contributed by atoms with Crippen molar-refractivity contribution in [3.63, 3.8) is 0 Å². The molecule has 100 valence electrons. The normalized spacial score (nSPS) is 14.4. The number of hydrogen-bond donors (Lipinski definition) is 1. The van der Waals surface area contributed by atoms with Crippen molar-refractivity contribution in [3.05, 3.63) is 41.1 Å². The van der Waals surface area contributed by atoms with Crippen molar-refractivity contribution in [2.75, 3.05) is 10.2 Å². The molecule has 0 saturated carbocycles. The SMILES string of the molecule is C/C=C/C(=O)ON1C(N)=NN([O-])c2cc(C)ccc21. The Morgan fingerprint density at radius 3 is 2.89 bits per heavy atom. The van der Waals surface area contributed by atoms with E-state index < -0.39 is 5.97 Å². The monoisotopic (exact) mass is 261 g/mol. The Kier molecular flexibility index (Phi) is 3.39. The summed E-state index contributed by atoms with van der Waals surface area (Å²) >= 11 is 0. The average molecular weight is 261 g/mol. The average Bonchev–Trinajstić information content (AvgIpc) is 2.35. The number of carbonyl (C=O) groups is 1. The van der Waals surface area contributed by atoms with Crippen LogP contribution in [0.5, 0.6) is 0 Å². The summed E-state index contributed by atoms with van der Waals surface area (Å²) in [6, 6.07) is 5.05. The molecule has 1 heterocycles. The Morgan fingerprint density at radius 2 is 2.21 bits per heavy atom. The van der Waals surface area contributed by atoms with Crippen LogP contribution in [0, 0.1) is 12.1 Å². The fourth-order valence-corrected chi connectivity index (χ4v) is 1.62. The summed E-state index contributed by atoms with van der Waals surface area (Å²) in [5, 5.41) is 16.7. The van der Waals surface area contributed by atoms with Crippen molar-refractivity contribution in [3.8, 4) is 0 Å². The summed E-state index contributed by atoms with van der Waals surface area (Å²) in [6.07, 6.45) is 2.78. The molecule has 19 heavy (non-hydrogen) atoms. The smallest absolute Gasteiger partial charge is 0.356 e. The zero-order chi connectivity index (χ0) is 14.0. The summed E-state index contributed by atoms with van der Waals surface area (Å²) in [5.74, 6) is -0.810. The Bertz CT molecular complexity index is 568. The molecule has 0 fully saturated rings. The summed E-state index contributed by atoms with van der Waals surface area (Å²) in [7, 11) is 0. The van der Waals surface area contributed by atoms with E-state index in [-0.39, 0.29) is 11.6 Å². The minimum atomic E-state index is -0.605. The third-order valence-electron chi connectivity index (χ3n) is 2.44. The quantitative estimate of drug-likeness (QED) is 0.808. The van der Waals surface area contributed by atoms with Gasteiger partial charge in [0, 0.05) is 6.08 Å². The third-order valence-corrected chi connectivity index (χ3v) is 2.44. The van der Waals surface area contributed by atoms with Crippen molar-refractivity contribution in [2.45, 2.75) is 13.8 Å². The lowest BCUT2D eigenvalue weighted by atomic mass is 10.2. The van der Waals surface area contributed by atoms with Gasteiger partial charge in [-0.1, -0.05) is 12.1 Å². The van der Waals surface area contributed by atoms with Crippen LogP contribution in [-0.4, -0.2) is 11.9 Å². The molecule has 7 heteroatoms. The first-order valence-corrected chi connectivity index (χ1v) is 5.59. The topological polar surface area (TPSA) is 94.2 Å². The molecule has 1 aliphatic heterocycles. The standard InChI is InChI=1S/C12H13N4O3/c1-3-4-11(17)19-15-9-6-5-8(2)7-10(9)16(18)14-12(15)13/h3-7H,1-2H3,(H2,13,14)/q-1/b4-3+. The number of hydrazone groups is 1. The zero-order valence-corrected chi connectivity index (χ0v) is 10.5. The Hall–Kier alpha value is -2.54. The zero-order valence-electron chi connectivity index (χ0n) is 10.5. The van der Waals surface area contributed by atoms with Crippen molar-refractivity contribution in [1.29, 1.82) is 0 Å². The summed E-state index contributed by atoms with van der Waals surface area (Å²) in [5.41, 5.74) is 7.12. The van der Waals surface area contributed by atoms with Crippen LogP contribution in [0.3, 0.4) is 0 Å². The van der Waals surface area contributed by atoms with Crippen LogP contribution in [0.1, 0.15) is 12.5 Å². The Labute approximate surface area is 110 Å². The number of allylic oxidation sites excluding steroid dienone is 1. The predicted octanol–water partition coefficient (Wildman–Crippen LogP) is 1.38. The van der Waals surface area contributed by atoms with Gasteiger partial charge in [0.15, 0.2) is 0 Å². The van der Waals surface area contributed by atoms with E-state index in [1.165, 1.54) is 12.2 Å². The summed E-state index contributed by atoms with van der Waals surface area (Å²) in [4.78, 5) is 16.5. The highest BCUT2D eigenvalue weighted by Gasteiger charge is 2.24. The number of benzene rings is 1. The summed E-state index contributed by atoms with van der Waals surface area (Å²) < 4.78 is 0. The molecule has 1 aromatic rings. The van der Waals surface area contributed by atoms with E-state index in [9.17, 15) is 10.0 Å². The highest BCUT2D eigenvalue weighted by atomic mass is 16.7.